The van der Waals surface area contributed by atoms with Crippen LogP contribution in [0.4, 0.5) is 17.1 Å². The van der Waals surface area contributed by atoms with E-state index in [1.807, 2.05) is 61.8 Å². The third-order valence-corrected chi connectivity index (χ3v) is 4.07. The Kier molecular flexibility index (Phi) is 3.75. The molecule has 0 radical (unpaired) electrons. The molecule has 23 heavy (non-hydrogen) atoms. The summed E-state index contributed by atoms with van der Waals surface area (Å²) < 4.78 is 0. The number of aryl methyl sites for hydroxylation is 1. The zero-order valence-electron chi connectivity index (χ0n) is 13.1. The first-order valence-corrected chi connectivity index (χ1v) is 7.37. The van der Waals surface area contributed by atoms with Crippen molar-refractivity contribution < 1.29 is 0 Å². The Morgan fingerprint density at radius 3 is 2.39 bits per heavy atom. The molecule has 0 spiro atoms. The summed E-state index contributed by atoms with van der Waals surface area (Å²) in [4.78, 5) is 7.76. The van der Waals surface area contributed by atoms with Crippen LogP contribution >= 0.6 is 0 Å². The lowest BCUT2D eigenvalue weighted by Gasteiger charge is -2.30. The summed E-state index contributed by atoms with van der Waals surface area (Å²) in [5.74, 6) is 0. The summed E-state index contributed by atoms with van der Waals surface area (Å²) in [7, 11) is 0. The lowest BCUT2D eigenvalue weighted by Crippen LogP contribution is -2.36. The number of rotatable bonds is 2. The van der Waals surface area contributed by atoms with Gasteiger partial charge in [0.05, 0.1) is 18.2 Å². The van der Waals surface area contributed by atoms with Gasteiger partial charge >= 0.3 is 0 Å². The van der Waals surface area contributed by atoms with E-state index in [1.54, 1.807) is 0 Å². The van der Waals surface area contributed by atoms with Crippen LogP contribution in [0.2, 0.25) is 0 Å². The molecule has 0 saturated heterocycles. The highest BCUT2D eigenvalue weighted by Crippen LogP contribution is 2.32. The normalized spacial score (nSPS) is 16.3. The summed E-state index contributed by atoms with van der Waals surface area (Å²) in [5, 5.41) is 9.00. The van der Waals surface area contributed by atoms with Gasteiger partial charge in [0.25, 0.3) is 0 Å². The Morgan fingerprint density at radius 1 is 1.09 bits per heavy atom. The van der Waals surface area contributed by atoms with Crippen molar-refractivity contribution in [1.29, 1.82) is 5.26 Å². The fourth-order valence-corrected chi connectivity index (χ4v) is 2.82. The molecule has 0 fully saturated rings. The second-order valence-electron chi connectivity index (χ2n) is 5.49. The van der Waals surface area contributed by atoms with E-state index in [2.05, 4.69) is 27.6 Å². The summed E-state index contributed by atoms with van der Waals surface area (Å²) in [6.07, 6.45) is 4.21. The van der Waals surface area contributed by atoms with Gasteiger partial charge in [-0.3, -0.25) is 0 Å². The lowest BCUT2D eigenvalue weighted by atomic mass is 10.1. The van der Waals surface area contributed by atoms with Crippen LogP contribution < -0.4 is 9.80 Å². The first kappa shape index (κ1) is 14.7. The molecule has 3 rings (SSSR count). The monoisotopic (exact) mass is 300 g/mol. The predicted molar refractivity (Wildman–Crippen MR) is 92.2 cm³/mol. The van der Waals surface area contributed by atoms with Gasteiger partial charge in [0.1, 0.15) is 6.17 Å². The first-order chi connectivity index (χ1) is 11.1. The molecule has 112 valence electrons. The molecule has 4 nitrogen and oxygen atoms in total. The lowest BCUT2D eigenvalue weighted by molar-refractivity contribution is 0.748. The van der Waals surface area contributed by atoms with Crippen molar-refractivity contribution in [2.75, 3.05) is 9.80 Å². The van der Waals surface area contributed by atoms with E-state index >= 15 is 0 Å². The number of hydrogen-bond acceptors (Lipinski definition) is 3. The van der Waals surface area contributed by atoms with Crippen molar-refractivity contribution in [3.63, 3.8) is 0 Å². The van der Waals surface area contributed by atoms with Crippen LogP contribution in [0.5, 0.6) is 0 Å². The zero-order chi connectivity index (χ0) is 16.4. The Morgan fingerprint density at radius 2 is 1.78 bits per heavy atom. The van der Waals surface area contributed by atoms with Crippen LogP contribution in [0, 0.1) is 24.8 Å². The summed E-state index contributed by atoms with van der Waals surface area (Å²) >= 11 is 0. The molecule has 0 unspecified atom stereocenters. The van der Waals surface area contributed by atoms with Gasteiger partial charge in [0.2, 0.25) is 0 Å². The average Bonchev–Trinajstić information content (AvgIpc) is 2.96. The number of benzene rings is 2. The van der Waals surface area contributed by atoms with E-state index in [0.717, 1.165) is 16.9 Å². The van der Waals surface area contributed by atoms with Gasteiger partial charge in [-0.05, 0) is 49.7 Å². The van der Waals surface area contributed by atoms with Gasteiger partial charge in [0.15, 0.2) is 5.69 Å². The Hall–Kier alpha value is -3.24. The van der Waals surface area contributed by atoms with E-state index in [9.17, 15) is 0 Å². The maximum atomic E-state index is 9.00. The zero-order valence-corrected chi connectivity index (χ0v) is 13.1. The topological polar surface area (TPSA) is 34.6 Å². The molecule has 0 N–H and O–H groups in total. The SMILES string of the molecule is [C-]#[N+]c1ccc(N2C=CN(c3ccc(C#N)cc3C)[C@@H]2C)cc1. The molecule has 0 saturated carbocycles. The minimum absolute atomic E-state index is 0.125. The molecule has 1 heterocycles. The fourth-order valence-electron chi connectivity index (χ4n) is 2.82. The van der Waals surface area contributed by atoms with Crippen molar-refractivity contribution in [3.8, 4) is 6.07 Å². The predicted octanol–water partition coefficient (Wildman–Crippen LogP) is 4.56. The highest BCUT2D eigenvalue weighted by Gasteiger charge is 2.25. The van der Waals surface area contributed by atoms with Gasteiger partial charge in [0, 0.05) is 23.8 Å². The molecule has 1 aliphatic rings. The number of nitriles is 1. The van der Waals surface area contributed by atoms with Crippen molar-refractivity contribution in [2.24, 2.45) is 0 Å². The quantitative estimate of drug-likeness (QED) is 0.762. The highest BCUT2D eigenvalue weighted by molar-refractivity contribution is 5.65. The Balaban J connectivity index is 1.87. The third kappa shape index (κ3) is 2.63. The number of nitrogens with zero attached hydrogens (tertiary/aromatic N) is 4. The van der Waals surface area contributed by atoms with Crippen LogP contribution in [0.25, 0.3) is 4.85 Å². The Labute approximate surface area is 136 Å². The van der Waals surface area contributed by atoms with Gasteiger partial charge in [-0.1, -0.05) is 12.1 Å². The molecule has 1 aliphatic heterocycles. The summed E-state index contributed by atoms with van der Waals surface area (Å²) in [5.41, 5.74) is 4.53. The molecular formula is C19H16N4. The minimum Gasteiger partial charge on any atom is -0.326 e. The molecule has 2 aromatic carbocycles. The standard InChI is InChI=1S/C19H16N4/c1-14-12-16(13-20)4-9-19(14)23-11-10-22(15(23)2)18-7-5-17(21-3)6-8-18/h4-12,15H,1-2H3/t15-/m1/s1. The van der Waals surface area contributed by atoms with Crippen LogP contribution in [0.1, 0.15) is 18.1 Å². The molecule has 4 heteroatoms. The maximum Gasteiger partial charge on any atom is 0.187 e. The average molecular weight is 300 g/mol. The van der Waals surface area contributed by atoms with Crippen LogP contribution in [0.3, 0.4) is 0 Å². The van der Waals surface area contributed by atoms with Crippen LogP contribution in [0.15, 0.2) is 54.9 Å². The van der Waals surface area contributed by atoms with E-state index in [0.29, 0.717) is 11.3 Å². The molecule has 2 aromatic rings. The Bertz CT molecular complexity index is 837. The molecule has 0 bridgehead atoms. The minimum atomic E-state index is 0.125. The summed E-state index contributed by atoms with van der Waals surface area (Å²) in [6.45, 7) is 11.2. The van der Waals surface area contributed by atoms with Gasteiger partial charge in [-0.15, -0.1) is 0 Å². The molecule has 1 atom stereocenters. The van der Waals surface area contributed by atoms with Crippen molar-refractivity contribution in [1.82, 2.24) is 0 Å². The van der Waals surface area contributed by atoms with E-state index in [1.165, 1.54) is 0 Å². The van der Waals surface area contributed by atoms with Gasteiger partial charge in [-0.2, -0.15) is 5.26 Å². The van der Waals surface area contributed by atoms with Gasteiger partial charge in [-0.25, -0.2) is 4.85 Å². The van der Waals surface area contributed by atoms with Crippen molar-refractivity contribution in [2.45, 2.75) is 20.0 Å². The van der Waals surface area contributed by atoms with Crippen molar-refractivity contribution in [3.05, 3.63) is 77.4 Å². The molecule has 0 aromatic heterocycles. The third-order valence-electron chi connectivity index (χ3n) is 4.07. The largest absolute Gasteiger partial charge is 0.326 e. The highest BCUT2D eigenvalue weighted by atomic mass is 15.4. The van der Waals surface area contributed by atoms with Crippen LogP contribution in [-0.2, 0) is 0 Å². The van der Waals surface area contributed by atoms with Crippen LogP contribution in [-0.4, -0.2) is 6.17 Å². The number of anilines is 2. The maximum absolute atomic E-state index is 9.00. The molecule has 0 amide bonds. The van der Waals surface area contributed by atoms with E-state index < -0.39 is 0 Å². The first-order valence-electron chi connectivity index (χ1n) is 7.37. The van der Waals surface area contributed by atoms with Crippen molar-refractivity contribution >= 4 is 17.1 Å². The van der Waals surface area contributed by atoms with E-state index in [-0.39, 0.29) is 6.17 Å². The molecular weight excluding hydrogens is 284 g/mol. The smallest absolute Gasteiger partial charge is 0.187 e. The summed E-state index contributed by atoms with van der Waals surface area (Å²) in [6, 6.07) is 15.5. The van der Waals surface area contributed by atoms with E-state index in [4.69, 9.17) is 11.8 Å². The van der Waals surface area contributed by atoms with Gasteiger partial charge < -0.3 is 9.80 Å². The molecule has 0 aliphatic carbocycles. The number of hydrogen-bond donors (Lipinski definition) is 0. The second kappa shape index (κ2) is 5.87. The fraction of sp³-hybridized carbons (Fsp3) is 0.158. The second-order valence-corrected chi connectivity index (χ2v) is 5.49.